The smallest absolute Gasteiger partial charge is 0.417 e. The number of anilines is 1. The highest BCUT2D eigenvalue weighted by Gasteiger charge is 2.33. The van der Waals surface area contributed by atoms with Gasteiger partial charge in [-0.3, -0.25) is 4.79 Å². The van der Waals surface area contributed by atoms with E-state index in [0.29, 0.717) is 16.8 Å². The Morgan fingerprint density at radius 3 is 2.59 bits per heavy atom. The van der Waals surface area contributed by atoms with Gasteiger partial charge in [-0.2, -0.15) is 13.2 Å². The number of halogens is 4. The lowest BCUT2D eigenvalue weighted by Crippen LogP contribution is -2.20. The van der Waals surface area contributed by atoms with Crippen LogP contribution < -0.4 is 15.7 Å². The van der Waals surface area contributed by atoms with Gasteiger partial charge in [0.1, 0.15) is 11.3 Å². The van der Waals surface area contributed by atoms with Gasteiger partial charge in [-0.05, 0) is 24.3 Å². The summed E-state index contributed by atoms with van der Waals surface area (Å²) >= 11 is 5.93. The highest BCUT2D eigenvalue weighted by molar-refractivity contribution is 6.33. The Morgan fingerprint density at radius 2 is 1.89 bits per heavy atom. The number of benzene rings is 2. The van der Waals surface area contributed by atoms with Gasteiger partial charge in [0.15, 0.2) is 6.61 Å². The maximum atomic E-state index is 13.0. The molecule has 0 aliphatic rings. The highest BCUT2D eigenvalue weighted by Crippen LogP contribution is 2.34. The number of alkyl halides is 3. The largest absolute Gasteiger partial charge is 0.484 e. The fourth-order valence-electron chi connectivity index (χ4n) is 2.37. The third kappa shape index (κ3) is 4.40. The summed E-state index contributed by atoms with van der Waals surface area (Å²) in [6, 6.07) is 10.5. The van der Waals surface area contributed by atoms with Gasteiger partial charge in [0.25, 0.3) is 5.91 Å². The van der Waals surface area contributed by atoms with Crippen LogP contribution in [-0.4, -0.2) is 12.5 Å². The molecule has 1 heterocycles. The summed E-state index contributed by atoms with van der Waals surface area (Å²) in [5.74, 6) is -0.451. The molecule has 5 nitrogen and oxygen atoms in total. The quantitative estimate of drug-likeness (QED) is 0.659. The molecule has 1 amide bonds. The van der Waals surface area contributed by atoms with Crippen LogP contribution >= 0.6 is 11.6 Å². The van der Waals surface area contributed by atoms with Crippen molar-refractivity contribution >= 4 is 34.2 Å². The van der Waals surface area contributed by atoms with Gasteiger partial charge in [0.2, 0.25) is 0 Å². The van der Waals surface area contributed by atoms with Crippen molar-refractivity contribution in [2.45, 2.75) is 6.18 Å². The molecule has 27 heavy (non-hydrogen) atoms. The molecule has 2 aromatic carbocycles. The second kappa shape index (κ2) is 7.32. The van der Waals surface area contributed by atoms with Crippen LogP contribution in [0.4, 0.5) is 18.9 Å². The molecule has 0 saturated heterocycles. The lowest BCUT2D eigenvalue weighted by molar-refractivity contribution is -0.136. The van der Waals surface area contributed by atoms with E-state index in [-0.39, 0.29) is 16.7 Å². The first-order valence-corrected chi connectivity index (χ1v) is 7.94. The van der Waals surface area contributed by atoms with E-state index >= 15 is 0 Å². The molecule has 0 fully saturated rings. The minimum absolute atomic E-state index is 0.0688. The predicted octanol–water partition coefficient (Wildman–Crippen LogP) is 4.48. The normalized spacial score (nSPS) is 11.4. The molecule has 140 valence electrons. The van der Waals surface area contributed by atoms with Gasteiger partial charge in [0.05, 0.1) is 16.3 Å². The van der Waals surface area contributed by atoms with Crippen molar-refractivity contribution in [2.75, 3.05) is 11.9 Å². The molecule has 0 spiro atoms. The van der Waals surface area contributed by atoms with Crippen molar-refractivity contribution < 1.29 is 27.1 Å². The molecule has 0 bridgehead atoms. The monoisotopic (exact) mass is 397 g/mol. The molecule has 0 saturated carbocycles. The Bertz CT molecular complexity index is 1060. The van der Waals surface area contributed by atoms with Crippen molar-refractivity contribution in [1.29, 1.82) is 0 Å². The van der Waals surface area contributed by atoms with Crippen LogP contribution in [0.5, 0.6) is 5.75 Å². The molecule has 3 aromatic rings. The fraction of sp³-hybridized carbons (Fsp3) is 0.111. The third-order valence-corrected chi connectivity index (χ3v) is 3.87. The number of rotatable bonds is 4. The lowest BCUT2D eigenvalue weighted by atomic mass is 10.1. The molecular formula is C18H11ClF3NO4. The van der Waals surface area contributed by atoms with Crippen molar-refractivity contribution in [3.8, 4) is 5.75 Å². The number of fused-ring (bicyclic) bond motifs is 1. The van der Waals surface area contributed by atoms with E-state index in [0.717, 1.165) is 12.1 Å². The number of para-hydroxylation sites is 1. The number of carbonyl (C=O) groups excluding carboxylic acids is 1. The molecule has 0 unspecified atom stereocenters. The Hall–Kier alpha value is -3.00. The van der Waals surface area contributed by atoms with Crippen LogP contribution in [0.2, 0.25) is 5.02 Å². The molecule has 1 N–H and O–H groups in total. The van der Waals surface area contributed by atoms with Crippen LogP contribution in [0.15, 0.2) is 57.7 Å². The van der Waals surface area contributed by atoms with Crippen molar-refractivity contribution in [1.82, 2.24) is 0 Å². The van der Waals surface area contributed by atoms with Gasteiger partial charge < -0.3 is 14.5 Å². The van der Waals surface area contributed by atoms with Crippen molar-refractivity contribution in [3.05, 3.63) is 69.5 Å². The zero-order valence-corrected chi connectivity index (χ0v) is 14.2. The zero-order chi connectivity index (χ0) is 19.6. The topological polar surface area (TPSA) is 68.5 Å². The first kappa shape index (κ1) is 18.8. The van der Waals surface area contributed by atoms with E-state index in [1.807, 2.05) is 0 Å². The van der Waals surface area contributed by atoms with Crippen LogP contribution in [0.3, 0.4) is 0 Å². The molecule has 0 radical (unpaired) electrons. The predicted molar refractivity (Wildman–Crippen MR) is 93.1 cm³/mol. The van der Waals surface area contributed by atoms with Gasteiger partial charge in [-0.25, -0.2) is 4.79 Å². The standard InChI is InChI=1S/C18H11ClF3NO4/c19-13-3-1-2-4-14(13)23-16(24)9-26-10-5-6-11-12(18(20,21)22)8-17(25)27-15(11)7-10/h1-8H,9H2,(H,23,24). The van der Waals surface area contributed by atoms with Gasteiger partial charge in [0, 0.05) is 17.5 Å². The van der Waals surface area contributed by atoms with E-state index in [4.69, 9.17) is 20.8 Å². The summed E-state index contributed by atoms with van der Waals surface area (Å²) in [5, 5.41) is 2.60. The SMILES string of the molecule is O=C(COc1ccc2c(C(F)(F)F)cc(=O)oc2c1)Nc1ccccc1Cl. The number of amides is 1. The average Bonchev–Trinajstić information content (AvgIpc) is 2.60. The molecule has 0 atom stereocenters. The highest BCUT2D eigenvalue weighted by atomic mass is 35.5. The molecule has 1 aromatic heterocycles. The Morgan fingerprint density at radius 1 is 1.15 bits per heavy atom. The summed E-state index contributed by atoms with van der Waals surface area (Å²) in [4.78, 5) is 23.3. The minimum Gasteiger partial charge on any atom is -0.484 e. The maximum Gasteiger partial charge on any atom is 0.417 e. The van der Waals surface area contributed by atoms with E-state index < -0.39 is 29.9 Å². The van der Waals surface area contributed by atoms with Crippen LogP contribution in [-0.2, 0) is 11.0 Å². The molecular weight excluding hydrogens is 387 g/mol. The van der Waals surface area contributed by atoms with Crippen LogP contribution in [0.1, 0.15) is 5.56 Å². The molecule has 0 aliphatic carbocycles. The summed E-state index contributed by atoms with van der Waals surface area (Å²) in [7, 11) is 0. The lowest BCUT2D eigenvalue weighted by Gasteiger charge is -2.11. The second-order valence-corrected chi connectivity index (χ2v) is 5.86. The number of nitrogens with one attached hydrogen (secondary N) is 1. The average molecular weight is 398 g/mol. The Labute approximate surface area is 155 Å². The number of hydrogen-bond acceptors (Lipinski definition) is 4. The molecule has 3 rings (SSSR count). The Balaban J connectivity index is 1.77. The van der Waals surface area contributed by atoms with E-state index in [1.54, 1.807) is 24.3 Å². The Kier molecular flexibility index (Phi) is 5.09. The third-order valence-electron chi connectivity index (χ3n) is 3.54. The minimum atomic E-state index is -4.70. The van der Waals surface area contributed by atoms with Gasteiger partial charge in [-0.15, -0.1) is 0 Å². The first-order valence-electron chi connectivity index (χ1n) is 7.56. The van der Waals surface area contributed by atoms with E-state index in [2.05, 4.69) is 5.32 Å². The first-order chi connectivity index (χ1) is 12.7. The van der Waals surface area contributed by atoms with Gasteiger partial charge >= 0.3 is 11.8 Å². The van der Waals surface area contributed by atoms with E-state index in [1.165, 1.54) is 6.07 Å². The molecule has 9 heteroatoms. The number of ether oxygens (including phenoxy) is 1. The zero-order valence-electron chi connectivity index (χ0n) is 13.5. The van der Waals surface area contributed by atoms with Crippen LogP contribution in [0, 0.1) is 0 Å². The summed E-state index contributed by atoms with van der Waals surface area (Å²) in [5.41, 5.74) is -2.13. The molecule has 0 aliphatic heterocycles. The second-order valence-electron chi connectivity index (χ2n) is 5.45. The number of hydrogen-bond donors (Lipinski definition) is 1. The summed E-state index contributed by atoms with van der Waals surface area (Å²) in [6.45, 7) is -0.417. The summed E-state index contributed by atoms with van der Waals surface area (Å²) < 4.78 is 49.1. The number of carbonyl (C=O) groups is 1. The van der Waals surface area contributed by atoms with Crippen molar-refractivity contribution in [2.24, 2.45) is 0 Å². The maximum absolute atomic E-state index is 13.0. The van der Waals surface area contributed by atoms with Crippen molar-refractivity contribution in [3.63, 3.8) is 0 Å². The summed E-state index contributed by atoms with van der Waals surface area (Å²) in [6.07, 6.45) is -4.70. The van der Waals surface area contributed by atoms with E-state index in [9.17, 15) is 22.8 Å². The fourth-order valence-corrected chi connectivity index (χ4v) is 2.55. The van der Waals surface area contributed by atoms with Crippen LogP contribution in [0.25, 0.3) is 11.0 Å². The van der Waals surface area contributed by atoms with Gasteiger partial charge in [-0.1, -0.05) is 23.7 Å².